The van der Waals surface area contributed by atoms with Crippen LogP contribution in [-0.4, -0.2) is 155 Å². The van der Waals surface area contributed by atoms with Gasteiger partial charge in [-0.15, -0.1) is 0 Å². The Labute approximate surface area is 557 Å². The zero-order valence-corrected chi connectivity index (χ0v) is 55.4. The van der Waals surface area contributed by atoms with Gasteiger partial charge in [0.1, 0.15) is 24.6 Å². The Kier molecular flexibility index (Phi) is 18.6. The quantitative estimate of drug-likeness (QED) is 0.0497. The molecule has 1 aliphatic heterocycles. The Morgan fingerprint density at radius 2 is 1.10 bits per heavy atom. The molecule has 0 radical (unpaired) electrons. The molecule has 0 amide bonds. The van der Waals surface area contributed by atoms with E-state index < -0.39 is 141 Å². The van der Waals surface area contributed by atoms with Crippen molar-refractivity contribution in [1.82, 2.24) is 0 Å². The van der Waals surface area contributed by atoms with Gasteiger partial charge in [-0.25, -0.2) is 8.78 Å². The van der Waals surface area contributed by atoms with E-state index in [1.54, 1.807) is 14.0 Å². The minimum Gasteiger partial charge on any atom is -0.497 e. The summed E-state index contributed by atoms with van der Waals surface area (Å²) in [6.45, 7) is 10.3. The highest BCUT2D eigenvalue weighted by Gasteiger charge is 2.81. The van der Waals surface area contributed by atoms with E-state index in [1.807, 2.05) is 100 Å². The second-order valence-corrected chi connectivity index (χ2v) is 29.8. The molecular weight excluding hydrogens is 1240 g/mol. The number of esters is 1. The van der Waals surface area contributed by atoms with Crippen molar-refractivity contribution in [2.45, 2.75) is 177 Å². The number of ketones is 4. The molecule has 19 atom stereocenters. The summed E-state index contributed by atoms with van der Waals surface area (Å²) in [5, 5.41) is 85.9. The van der Waals surface area contributed by atoms with Crippen molar-refractivity contribution in [3.8, 4) is 5.75 Å². The molecule has 0 bridgehead atoms. The van der Waals surface area contributed by atoms with Crippen LogP contribution in [0.25, 0.3) is 0 Å². The predicted molar refractivity (Wildman–Crippen MR) is 349 cm³/mol. The van der Waals surface area contributed by atoms with Crippen molar-refractivity contribution in [2.75, 3.05) is 26.1 Å². The van der Waals surface area contributed by atoms with Crippen LogP contribution in [0.5, 0.6) is 5.75 Å². The highest BCUT2D eigenvalue weighted by molar-refractivity contribution is 6.02. The average Bonchev–Trinajstić information content (AvgIpc) is 1.39. The molecule has 9 aliphatic rings. The van der Waals surface area contributed by atoms with Crippen LogP contribution in [0.4, 0.5) is 14.5 Å². The summed E-state index contributed by atoms with van der Waals surface area (Å²) in [5.41, 5.74) is -0.960. The summed E-state index contributed by atoms with van der Waals surface area (Å²) in [6.07, 6.45) is 0.577. The van der Waals surface area contributed by atoms with E-state index in [2.05, 4.69) is 24.3 Å². The summed E-state index contributed by atoms with van der Waals surface area (Å²) < 4.78 is 58.0. The smallest absolute Gasteiger partial charge is 0.310 e. The zero-order valence-electron chi connectivity index (χ0n) is 55.4. The number of methoxy groups -OCH3 is 1. The highest BCUT2D eigenvalue weighted by atomic mass is 19.1. The van der Waals surface area contributed by atoms with E-state index in [1.165, 1.54) is 61.4 Å². The van der Waals surface area contributed by atoms with Crippen LogP contribution in [0.3, 0.4) is 0 Å². The molecule has 0 spiro atoms. The van der Waals surface area contributed by atoms with Gasteiger partial charge < -0.3 is 65.5 Å². The molecule has 10 N–H and O–H groups in total. The van der Waals surface area contributed by atoms with E-state index >= 15 is 8.78 Å². The third kappa shape index (κ3) is 11.3. The number of anilines is 1. The van der Waals surface area contributed by atoms with Gasteiger partial charge in [0, 0.05) is 44.7 Å². The molecule has 7 fully saturated rings. The van der Waals surface area contributed by atoms with Crippen LogP contribution in [0, 0.1) is 45.3 Å². The third-order valence-electron chi connectivity index (χ3n) is 23.4. The number of Topliss-reactive ketones (excluding diaryl/α,β-unsaturated/α-hetero) is 2. The molecule has 514 valence electrons. The lowest BCUT2D eigenvalue weighted by Crippen LogP contribution is -2.71. The summed E-state index contributed by atoms with van der Waals surface area (Å²) in [6, 6.07) is 31.5. The number of rotatable bonds is 12. The Hall–Kier alpha value is -6.95. The lowest BCUT2D eigenvalue weighted by Gasteiger charge is -2.63. The van der Waals surface area contributed by atoms with Gasteiger partial charge in [-0.05, 0) is 185 Å². The Bertz CT molecular complexity index is 3830. The molecule has 6 saturated carbocycles. The number of benzene rings is 4. The molecule has 0 aromatic heterocycles. The normalized spacial score (nSPS) is 38.2. The molecule has 1 heterocycles. The van der Waals surface area contributed by atoms with Gasteiger partial charge in [-0.3, -0.25) is 24.0 Å². The number of hydrogen-bond donors (Lipinski definition) is 9. The number of aliphatic hydroxyl groups excluding tert-OH is 7. The lowest BCUT2D eigenvalue weighted by atomic mass is 9.44. The third-order valence-corrected chi connectivity index (χ3v) is 23.4. The maximum atomic E-state index is 17.6. The summed E-state index contributed by atoms with van der Waals surface area (Å²) in [5.74, 6) is -4.68. The number of nitrogens with two attached hydrogens (primary N) is 1. The molecule has 4 aromatic rings. The van der Waals surface area contributed by atoms with Crippen LogP contribution in [0.2, 0.25) is 0 Å². The standard InChI is InChI=1S/C35H38FNO7.C21H27FO7.C20H24O3/c1-32-11-10-23(39)14-26(32)27(40)15-25-24-16-30-35(29(42)18-38,33(24,2)17-28(41)34(25,32)36)44-31(43-30)21-8-6-19(7-9-21)12-20-4-3-5-22(37)13-20;1-18-4-3-10(24)5-13(18)14(25)6-12-11-7-15(26)21(29,17(28)9-23)19(11,2)8-16(27)20(12,18)22;1-20(2,3)23-19(21)14-17-7-5-6-16(13-17)12-15-8-10-18(22-4)11-9-15/h3-11,13-14,24-25,27-28,30-31,38,40-41H,12,15-18,37H2,1-2H3;3-5,11-12,14-16,23,25-27,29H,6-9H2,1-2H3;5-11,13H,12,14H2,1-4H3/t24-,25-,27+,28-,30+,31+,32-,33-,34-,35+;11-,12-,14+,15+,16-,18-,19-,20-,21-;/m00./s1. The van der Waals surface area contributed by atoms with E-state index in [9.17, 15) is 64.8 Å². The van der Waals surface area contributed by atoms with Gasteiger partial charge in [0.15, 0.2) is 52.0 Å². The fraction of sp³-hybridized carbons (Fsp3) is 0.513. The van der Waals surface area contributed by atoms with E-state index in [0.29, 0.717) is 24.1 Å². The molecule has 0 unspecified atom stereocenters. The Balaban J connectivity index is 0.000000156. The first-order valence-corrected chi connectivity index (χ1v) is 33.0. The molecule has 20 heteroatoms. The maximum absolute atomic E-state index is 17.6. The van der Waals surface area contributed by atoms with Gasteiger partial charge in [0.2, 0.25) is 0 Å². The van der Waals surface area contributed by atoms with Crippen LogP contribution >= 0.6 is 0 Å². The fourth-order valence-electron chi connectivity index (χ4n) is 18.7. The molecule has 8 aliphatic carbocycles. The van der Waals surface area contributed by atoms with Gasteiger partial charge >= 0.3 is 5.97 Å². The highest BCUT2D eigenvalue weighted by Crippen LogP contribution is 2.73. The summed E-state index contributed by atoms with van der Waals surface area (Å²) >= 11 is 0. The molecule has 4 aromatic carbocycles. The first-order chi connectivity index (χ1) is 45.1. The summed E-state index contributed by atoms with van der Waals surface area (Å²) in [7, 11) is 1.66. The Morgan fingerprint density at radius 3 is 1.61 bits per heavy atom. The minimum atomic E-state index is -2.32. The lowest BCUT2D eigenvalue weighted by molar-refractivity contribution is -0.237. The molecule has 18 nitrogen and oxygen atoms in total. The number of ether oxygens (including phenoxy) is 4. The number of aliphatic hydroxyl groups is 8. The average molecular weight is 1330 g/mol. The number of hydrogen-bond acceptors (Lipinski definition) is 18. The topological polar surface area (TPSA) is 310 Å². The fourth-order valence-corrected chi connectivity index (χ4v) is 18.7. The minimum absolute atomic E-state index is 0.0234. The van der Waals surface area contributed by atoms with Crippen molar-refractivity contribution in [1.29, 1.82) is 0 Å². The number of allylic oxidation sites excluding steroid dienone is 6. The van der Waals surface area contributed by atoms with Crippen LogP contribution in [-0.2, 0) is 57.4 Å². The van der Waals surface area contributed by atoms with Crippen molar-refractivity contribution in [3.05, 3.63) is 178 Å². The van der Waals surface area contributed by atoms with Crippen molar-refractivity contribution >= 4 is 34.8 Å². The van der Waals surface area contributed by atoms with Crippen LogP contribution < -0.4 is 10.5 Å². The SMILES string of the molecule is COc1ccc(Cc2cccc(CC(=O)OC(C)(C)C)c2)cc1.C[C@]12C=CC(=O)C=C1[C@H](O)C[C@H]1[C@@H]3C[C@@H](O)[C@](O)(C(=O)CO)[C@@]3(C)C[C@H](O)[C@@]12F.C[C@]12C=CC(=O)C=C1[C@H](O)C[C@H]1[C@@H]3C[C@H]4O[C@@H](c5ccc(Cc6cccc(N)c6)cc5)O[C@@]4(C(=O)CO)[C@@]3(C)C[C@H](O)[C@@]12F. The van der Waals surface area contributed by atoms with Crippen LogP contribution in [0.1, 0.15) is 127 Å². The number of alkyl halides is 2. The monoisotopic (exact) mass is 1330 g/mol. The molecule has 1 saturated heterocycles. The zero-order chi connectivity index (χ0) is 69.7. The number of halogens is 2. The number of fused-ring (bicyclic) bond motifs is 12. The first-order valence-electron chi connectivity index (χ1n) is 33.0. The predicted octanol–water partition coefficient (Wildman–Crippen LogP) is 7.29. The molecular formula is C76H89F2NO17. The molecule has 13 rings (SSSR count). The van der Waals surface area contributed by atoms with Crippen LogP contribution in [0.15, 0.2) is 145 Å². The van der Waals surface area contributed by atoms with Gasteiger partial charge in [-0.1, -0.05) is 98.8 Å². The second kappa shape index (κ2) is 25.4. The molecule has 96 heavy (non-hydrogen) atoms. The largest absolute Gasteiger partial charge is 0.497 e. The van der Waals surface area contributed by atoms with Gasteiger partial charge in [0.05, 0.1) is 50.2 Å². The van der Waals surface area contributed by atoms with Crippen molar-refractivity contribution in [2.24, 2.45) is 45.3 Å². The summed E-state index contributed by atoms with van der Waals surface area (Å²) in [4.78, 5) is 62.1. The van der Waals surface area contributed by atoms with Gasteiger partial charge in [-0.2, -0.15) is 0 Å². The number of nitrogen functional groups attached to an aromatic ring is 1. The first kappa shape index (κ1) is 70.4. The van der Waals surface area contributed by atoms with E-state index in [4.69, 9.17) is 24.7 Å². The van der Waals surface area contributed by atoms with Gasteiger partial charge in [0.25, 0.3) is 0 Å². The van der Waals surface area contributed by atoms with E-state index in [0.717, 1.165) is 28.9 Å². The van der Waals surface area contributed by atoms with E-state index in [-0.39, 0.29) is 67.2 Å². The number of carbonyl (C=O) groups is 5. The van der Waals surface area contributed by atoms with Crippen molar-refractivity contribution in [3.63, 3.8) is 0 Å². The Morgan fingerprint density at radius 1 is 0.615 bits per heavy atom. The maximum Gasteiger partial charge on any atom is 0.310 e. The number of carbonyl (C=O) groups excluding carboxylic acids is 5. The second-order valence-electron chi connectivity index (χ2n) is 29.8. The van der Waals surface area contributed by atoms with Crippen molar-refractivity contribution < 1.29 is 92.6 Å².